The van der Waals surface area contributed by atoms with E-state index < -0.39 is 0 Å². The second-order valence-corrected chi connectivity index (χ2v) is 10.7. The molecule has 0 atom stereocenters. The van der Waals surface area contributed by atoms with Gasteiger partial charge in [0.15, 0.2) is 0 Å². The summed E-state index contributed by atoms with van der Waals surface area (Å²) in [5.74, 6) is 0. The quantitative estimate of drug-likeness (QED) is 0.624. The maximum absolute atomic E-state index is 2.30. The normalized spacial score (nSPS) is 7.88. The fourth-order valence-electron chi connectivity index (χ4n) is 0.354. The topological polar surface area (TPSA) is 0 Å². The summed E-state index contributed by atoms with van der Waals surface area (Å²) in [7, 11) is 0. The van der Waals surface area contributed by atoms with Crippen molar-refractivity contribution < 1.29 is 0 Å². The monoisotopic (exact) mass is 240 g/mol. The molecule has 0 aromatic rings. The Labute approximate surface area is 68.5 Å². The first kappa shape index (κ1) is 11.8. The standard InChI is InChI=1S/C4H12Ge.C2H8Ge/c1-3-5-4-2;1-2-3/h3-5H2,1-2H3;2H2,1,3H3. The Morgan fingerprint density at radius 2 is 1.38 bits per heavy atom. The van der Waals surface area contributed by atoms with E-state index in [1.165, 1.54) is 15.8 Å². The number of rotatable bonds is 2. The molecule has 0 aliphatic rings. The zero-order valence-corrected chi connectivity index (χ0v) is 14.0. The van der Waals surface area contributed by atoms with E-state index in [1.54, 1.807) is 0 Å². The third-order valence-electron chi connectivity index (χ3n) is 0.707. The second-order valence-electron chi connectivity index (χ2n) is 2.06. The number of hydrogen-bond acceptors (Lipinski definition) is 0. The fourth-order valence-corrected chi connectivity index (χ4v) is 1.84. The molecule has 0 amide bonds. The molecule has 0 aromatic heterocycles. The van der Waals surface area contributed by atoms with Crippen molar-refractivity contribution in [3.05, 3.63) is 0 Å². The third-order valence-corrected chi connectivity index (χ3v) is 3.67. The predicted molar refractivity (Wildman–Crippen MR) is 49.9 cm³/mol. The van der Waals surface area contributed by atoms with Crippen LogP contribution in [0.15, 0.2) is 0 Å². The van der Waals surface area contributed by atoms with E-state index >= 15 is 0 Å². The minimum atomic E-state index is 0.0972. The SMILES string of the molecule is C[CH2][GeH2][CH2]C.C[CH2][GeH3]. The molecule has 0 heterocycles. The summed E-state index contributed by atoms with van der Waals surface area (Å²) in [6.45, 7) is 6.80. The third kappa shape index (κ3) is 27.6. The fraction of sp³-hybridized carbons (Fsp3) is 1.00. The summed E-state index contributed by atoms with van der Waals surface area (Å²) in [6, 6.07) is 0. The molecule has 0 fully saturated rings. The molecule has 0 nitrogen and oxygen atoms in total. The average Bonchev–Trinajstić information content (AvgIpc) is 1.71. The van der Waals surface area contributed by atoms with E-state index in [-0.39, 0.29) is 15.4 Å². The molecule has 0 saturated heterocycles. The first-order valence-corrected chi connectivity index (χ1v) is 11.0. The van der Waals surface area contributed by atoms with Crippen molar-refractivity contribution in [2.45, 2.75) is 36.5 Å². The molecule has 0 bridgehead atoms. The zero-order chi connectivity index (χ0) is 6.83. The summed E-state index contributed by atoms with van der Waals surface area (Å²) >= 11 is 1.20. The van der Waals surface area contributed by atoms with Gasteiger partial charge in [0.05, 0.1) is 0 Å². The Hall–Kier alpha value is 1.09. The van der Waals surface area contributed by atoms with Crippen molar-refractivity contribution in [3.8, 4) is 0 Å². The molecule has 0 rings (SSSR count). The molecular formula is C6H20Ge2. The van der Waals surface area contributed by atoms with Crippen LogP contribution in [0.2, 0.25) is 15.8 Å². The van der Waals surface area contributed by atoms with Crippen LogP contribution >= 0.6 is 0 Å². The predicted octanol–water partition coefficient (Wildman–Crippen LogP) is 0.822. The summed E-state index contributed by atoms with van der Waals surface area (Å²) in [5, 5.41) is 4.50. The first-order valence-electron chi connectivity index (χ1n) is 3.83. The molecule has 0 unspecified atom stereocenters. The molecular weight excluding hydrogens is 217 g/mol. The van der Waals surface area contributed by atoms with Crippen LogP contribution in [0, 0.1) is 0 Å². The molecule has 0 N–H and O–H groups in total. The van der Waals surface area contributed by atoms with Crippen LogP contribution in [-0.4, -0.2) is 31.9 Å². The summed E-state index contributed by atoms with van der Waals surface area (Å²) in [5.41, 5.74) is 0. The summed E-state index contributed by atoms with van der Waals surface area (Å²) in [4.78, 5) is 0. The first-order chi connectivity index (χ1) is 3.83. The van der Waals surface area contributed by atoms with Crippen molar-refractivity contribution in [1.29, 1.82) is 0 Å². The molecule has 0 aliphatic carbocycles. The van der Waals surface area contributed by atoms with Crippen LogP contribution in [0.5, 0.6) is 0 Å². The van der Waals surface area contributed by atoms with Crippen LogP contribution in [0.1, 0.15) is 20.8 Å². The van der Waals surface area contributed by atoms with Crippen LogP contribution in [-0.2, 0) is 0 Å². The number of hydrogen-bond donors (Lipinski definition) is 0. The van der Waals surface area contributed by atoms with Gasteiger partial charge in [0.1, 0.15) is 0 Å². The van der Waals surface area contributed by atoms with E-state index in [2.05, 4.69) is 20.8 Å². The Bertz CT molecular complexity index is 20.5. The van der Waals surface area contributed by atoms with Gasteiger partial charge in [-0.1, -0.05) is 0 Å². The maximum atomic E-state index is 2.30. The Morgan fingerprint density at radius 3 is 1.38 bits per heavy atom. The van der Waals surface area contributed by atoms with E-state index in [0.29, 0.717) is 0 Å². The van der Waals surface area contributed by atoms with Crippen LogP contribution in [0.4, 0.5) is 0 Å². The van der Waals surface area contributed by atoms with Gasteiger partial charge < -0.3 is 0 Å². The Morgan fingerprint density at radius 1 is 1.12 bits per heavy atom. The molecule has 2 heteroatoms. The van der Waals surface area contributed by atoms with Gasteiger partial charge in [0.2, 0.25) is 0 Å². The zero-order valence-electron chi connectivity index (χ0n) is 6.83. The molecule has 0 aliphatic heterocycles. The van der Waals surface area contributed by atoms with Gasteiger partial charge in [-0.2, -0.15) is 0 Å². The second kappa shape index (κ2) is 15.7. The molecule has 0 aromatic carbocycles. The minimum absolute atomic E-state index is 0.0972. The van der Waals surface area contributed by atoms with E-state index in [4.69, 9.17) is 0 Å². The van der Waals surface area contributed by atoms with E-state index in [9.17, 15) is 0 Å². The van der Waals surface area contributed by atoms with Crippen molar-refractivity contribution in [3.63, 3.8) is 0 Å². The van der Waals surface area contributed by atoms with Crippen molar-refractivity contribution in [1.82, 2.24) is 0 Å². The van der Waals surface area contributed by atoms with Crippen LogP contribution < -0.4 is 0 Å². The van der Waals surface area contributed by atoms with E-state index in [0.717, 1.165) is 16.5 Å². The Kier molecular flexibility index (Phi) is 23.2. The van der Waals surface area contributed by atoms with Gasteiger partial charge in [0, 0.05) is 0 Å². The van der Waals surface area contributed by atoms with Gasteiger partial charge in [-0.25, -0.2) is 0 Å². The Balaban J connectivity index is 0. The van der Waals surface area contributed by atoms with E-state index in [1.807, 2.05) is 0 Å². The molecule has 8 heavy (non-hydrogen) atoms. The van der Waals surface area contributed by atoms with Gasteiger partial charge in [-0.15, -0.1) is 0 Å². The molecule has 0 spiro atoms. The van der Waals surface area contributed by atoms with Crippen LogP contribution in [0.3, 0.4) is 0 Å². The molecule has 0 saturated carbocycles. The average molecular weight is 237 g/mol. The van der Waals surface area contributed by atoms with Gasteiger partial charge in [-0.3, -0.25) is 0 Å². The van der Waals surface area contributed by atoms with Crippen molar-refractivity contribution in [2.24, 2.45) is 0 Å². The van der Waals surface area contributed by atoms with Crippen LogP contribution in [0.25, 0.3) is 0 Å². The van der Waals surface area contributed by atoms with Crippen molar-refractivity contribution in [2.75, 3.05) is 0 Å². The molecule has 0 radical (unpaired) electrons. The summed E-state index contributed by atoms with van der Waals surface area (Å²) in [6.07, 6.45) is 0. The van der Waals surface area contributed by atoms with Crippen molar-refractivity contribution >= 4 is 31.9 Å². The van der Waals surface area contributed by atoms with Gasteiger partial charge in [0.25, 0.3) is 0 Å². The summed E-state index contributed by atoms with van der Waals surface area (Å²) < 4.78 is 0. The molecule has 52 valence electrons. The van der Waals surface area contributed by atoms with Gasteiger partial charge >= 0.3 is 68.5 Å². The van der Waals surface area contributed by atoms with Gasteiger partial charge in [-0.05, 0) is 0 Å².